The van der Waals surface area contributed by atoms with Gasteiger partial charge in [-0.2, -0.15) is 0 Å². The molecule has 1 heterocycles. The SMILES string of the molecule is c1ccc(CNc2cccc(-c3nc4ccccc4o3)c2)cc1. The Balaban J connectivity index is 1.58. The van der Waals surface area contributed by atoms with Crippen molar-refractivity contribution < 1.29 is 4.42 Å². The van der Waals surface area contributed by atoms with E-state index in [0.29, 0.717) is 5.89 Å². The van der Waals surface area contributed by atoms with Crippen molar-refractivity contribution in [1.82, 2.24) is 4.98 Å². The number of rotatable bonds is 4. The highest BCUT2D eigenvalue weighted by Crippen LogP contribution is 2.26. The van der Waals surface area contributed by atoms with Crippen molar-refractivity contribution in [2.75, 3.05) is 5.32 Å². The lowest BCUT2D eigenvalue weighted by Crippen LogP contribution is -1.98. The van der Waals surface area contributed by atoms with E-state index in [9.17, 15) is 0 Å². The lowest BCUT2D eigenvalue weighted by atomic mass is 10.2. The third kappa shape index (κ3) is 2.94. The van der Waals surface area contributed by atoms with Crippen LogP contribution >= 0.6 is 0 Å². The van der Waals surface area contributed by atoms with Crippen LogP contribution in [0.15, 0.2) is 83.3 Å². The van der Waals surface area contributed by atoms with Crippen molar-refractivity contribution >= 4 is 16.8 Å². The van der Waals surface area contributed by atoms with Crippen LogP contribution in [0, 0.1) is 0 Å². The van der Waals surface area contributed by atoms with Crippen LogP contribution in [0.25, 0.3) is 22.6 Å². The maximum Gasteiger partial charge on any atom is 0.227 e. The number of nitrogens with one attached hydrogen (secondary N) is 1. The minimum absolute atomic E-state index is 0.648. The van der Waals surface area contributed by atoms with Crippen LogP contribution in [0.4, 0.5) is 5.69 Å². The third-order valence-corrected chi connectivity index (χ3v) is 3.74. The molecule has 0 saturated heterocycles. The van der Waals surface area contributed by atoms with E-state index >= 15 is 0 Å². The number of para-hydroxylation sites is 2. The average Bonchev–Trinajstić information content (AvgIpc) is 3.05. The number of hydrogen-bond acceptors (Lipinski definition) is 3. The highest BCUT2D eigenvalue weighted by Gasteiger charge is 2.08. The van der Waals surface area contributed by atoms with Crippen LogP contribution in [-0.2, 0) is 6.54 Å². The Morgan fingerprint density at radius 2 is 1.65 bits per heavy atom. The number of oxazole rings is 1. The molecule has 0 amide bonds. The standard InChI is InChI=1S/C20H16N2O/c1-2-7-15(8-3-1)14-21-17-10-6-9-16(13-17)20-22-18-11-4-5-12-19(18)23-20/h1-13,21H,14H2. The monoisotopic (exact) mass is 300 g/mol. The van der Waals surface area contributed by atoms with Gasteiger partial charge in [0, 0.05) is 17.8 Å². The van der Waals surface area contributed by atoms with Gasteiger partial charge in [0.25, 0.3) is 0 Å². The van der Waals surface area contributed by atoms with E-state index in [-0.39, 0.29) is 0 Å². The molecule has 23 heavy (non-hydrogen) atoms. The molecule has 0 aliphatic heterocycles. The molecule has 4 aromatic rings. The summed E-state index contributed by atoms with van der Waals surface area (Å²) in [7, 11) is 0. The van der Waals surface area contributed by atoms with Gasteiger partial charge in [0.2, 0.25) is 5.89 Å². The van der Waals surface area contributed by atoms with Crippen LogP contribution in [-0.4, -0.2) is 4.98 Å². The summed E-state index contributed by atoms with van der Waals surface area (Å²) in [5, 5.41) is 3.44. The van der Waals surface area contributed by atoms with Gasteiger partial charge in [0.15, 0.2) is 5.58 Å². The average molecular weight is 300 g/mol. The van der Waals surface area contributed by atoms with E-state index in [4.69, 9.17) is 4.42 Å². The molecule has 3 aromatic carbocycles. The molecular weight excluding hydrogens is 284 g/mol. The van der Waals surface area contributed by atoms with E-state index in [1.807, 2.05) is 54.6 Å². The Labute approximate surface area is 134 Å². The highest BCUT2D eigenvalue weighted by atomic mass is 16.3. The summed E-state index contributed by atoms with van der Waals surface area (Å²) in [5.74, 6) is 0.648. The molecule has 3 nitrogen and oxygen atoms in total. The Hall–Kier alpha value is -3.07. The fourth-order valence-corrected chi connectivity index (χ4v) is 2.56. The first-order chi connectivity index (χ1) is 11.4. The van der Waals surface area contributed by atoms with Crippen molar-refractivity contribution in [3.63, 3.8) is 0 Å². The molecule has 0 unspecified atom stereocenters. The molecule has 0 fully saturated rings. The molecule has 0 atom stereocenters. The number of nitrogens with zero attached hydrogens (tertiary/aromatic N) is 1. The predicted octanol–water partition coefficient (Wildman–Crippen LogP) is 5.11. The number of anilines is 1. The number of aromatic nitrogens is 1. The van der Waals surface area contributed by atoms with Crippen LogP contribution in [0.1, 0.15) is 5.56 Å². The zero-order chi connectivity index (χ0) is 15.5. The van der Waals surface area contributed by atoms with Crippen LogP contribution in [0.5, 0.6) is 0 Å². The first kappa shape index (κ1) is 13.6. The van der Waals surface area contributed by atoms with E-state index in [1.54, 1.807) is 0 Å². The van der Waals surface area contributed by atoms with Gasteiger partial charge in [-0.3, -0.25) is 0 Å². The summed E-state index contributed by atoms with van der Waals surface area (Å²) in [6.07, 6.45) is 0. The lowest BCUT2D eigenvalue weighted by Gasteiger charge is -2.07. The first-order valence-electron chi connectivity index (χ1n) is 7.62. The zero-order valence-corrected chi connectivity index (χ0v) is 12.6. The molecule has 0 bridgehead atoms. The van der Waals surface area contributed by atoms with Gasteiger partial charge in [-0.1, -0.05) is 48.5 Å². The quantitative estimate of drug-likeness (QED) is 0.569. The van der Waals surface area contributed by atoms with Crippen molar-refractivity contribution in [3.05, 3.63) is 84.4 Å². The molecule has 1 N–H and O–H groups in total. The van der Waals surface area contributed by atoms with Crippen LogP contribution in [0.3, 0.4) is 0 Å². The fraction of sp³-hybridized carbons (Fsp3) is 0.0500. The summed E-state index contributed by atoms with van der Waals surface area (Å²) in [4.78, 5) is 4.55. The zero-order valence-electron chi connectivity index (χ0n) is 12.6. The van der Waals surface area contributed by atoms with Crippen molar-refractivity contribution in [3.8, 4) is 11.5 Å². The molecular formula is C20H16N2O. The van der Waals surface area contributed by atoms with Gasteiger partial charge in [-0.05, 0) is 35.9 Å². The molecule has 112 valence electrons. The minimum atomic E-state index is 0.648. The van der Waals surface area contributed by atoms with Gasteiger partial charge in [-0.25, -0.2) is 4.98 Å². The molecule has 0 saturated carbocycles. The van der Waals surface area contributed by atoms with Gasteiger partial charge >= 0.3 is 0 Å². The Kier molecular flexibility index (Phi) is 3.53. The largest absolute Gasteiger partial charge is 0.436 e. The summed E-state index contributed by atoms with van der Waals surface area (Å²) < 4.78 is 5.83. The number of benzene rings is 3. The minimum Gasteiger partial charge on any atom is -0.436 e. The van der Waals surface area contributed by atoms with Gasteiger partial charge in [0.1, 0.15) is 5.52 Å². The molecule has 0 aliphatic rings. The topological polar surface area (TPSA) is 38.1 Å². The van der Waals surface area contributed by atoms with Crippen molar-refractivity contribution in [2.45, 2.75) is 6.54 Å². The highest BCUT2D eigenvalue weighted by molar-refractivity contribution is 5.76. The van der Waals surface area contributed by atoms with Crippen LogP contribution < -0.4 is 5.32 Å². The fourth-order valence-electron chi connectivity index (χ4n) is 2.56. The maximum atomic E-state index is 5.83. The molecule has 0 aliphatic carbocycles. The molecule has 0 radical (unpaired) electrons. The molecule has 1 aromatic heterocycles. The first-order valence-corrected chi connectivity index (χ1v) is 7.62. The maximum absolute atomic E-state index is 5.83. The Bertz CT molecular complexity index is 895. The number of fused-ring (bicyclic) bond motifs is 1. The summed E-state index contributed by atoms with van der Waals surface area (Å²) in [6, 6.07) is 26.3. The third-order valence-electron chi connectivity index (χ3n) is 3.74. The second kappa shape index (κ2) is 5.97. The van der Waals surface area contributed by atoms with Gasteiger partial charge < -0.3 is 9.73 Å². The normalized spacial score (nSPS) is 10.8. The summed E-state index contributed by atoms with van der Waals surface area (Å²) >= 11 is 0. The van der Waals surface area contributed by atoms with E-state index in [2.05, 4.69) is 34.6 Å². The Morgan fingerprint density at radius 1 is 0.826 bits per heavy atom. The second-order valence-electron chi connectivity index (χ2n) is 5.41. The van der Waals surface area contributed by atoms with E-state index in [1.165, 1.54) is 5.56 Å². The van der Waals surface area contributed by atoms with Crippen molar-refractivity contribution in [2.24, 2.45) is 0 Å². The summed E-state index contributed by atoms with van der Waals surface area (Å²) in [5.41, 5.74) is 4.96. The molecule has 0 spiro atoms. The summed E-state index contributed by atoms with van der Waals surface area (Å²) in [6.45, 7) is 0.790. The van der Waals surface area contributed by atoms with E-state index in [0.717, 1.165) is 28.9 Å². The van der Waals surface area contributed by atoms with Gasteiger partial charge in [-0.15, -0.1) is 0 Å². The van der Waals surface area contributed by atoms with E-state index < -0.39 is 0 Å². The second-order valence-corrected chi connectivity index (χ2v) is 5.41. The smallest absolute Gasteiger partial charge is 0.227 e. The number of hydrogen-bond donors (Lipinski definition) is 1. The van der Waals surface area contributed by atoms with Gasteiger partial charge in [0.05, 0.1) is 0 Å². The molecule has 3 heteroatoms. The van der Waals surface area contributed by atoms with Crippen LogP contribution in [0.2, 0.25) is 0 Å². The lowest BCUT2D eigenvalue weighted by molar-refractivity contribution is 0.620. The molecule has 4 rings (SSSR count). The predicted molar refractivity (Wildman–Crippen MR) is 93.2 cm³/mol. The van der Waals surface area contributed by atoms with Crippen molar-refractivity contribution in [1.29, 1.82) is 0 Å². The Morgan fingerprint density at radius 3 is 2.52 bits per heavy atom.